The van der Waals surface area contributed by atoms with E-state index in [9.17, 15) is 9.59 Å². The Kier molecular flexibility index (Phi) is 11.3. The number of hydrogen-bond acceptors (Lipinski definition) is 4. The summed E-state index contributed by atoms with van der Waals surface area (Å²) in [5, 5.41) is 3.32. The second kappa shape index (κ2) is 12.6. The van der Waals surface area contributed by atoms with E-state index >= 15 is 0 Å². The number of likely N-dealkylation sites (tertiary alicyclic amines) is 1. The molecule has 0 radical (unpaired) electrons. The van der Waals surface area contributed by atoms with Crippen molar-refractivity contribution in [3.63, 3.8) is 0 Å². The summed E-state index contributed by atoms with van der Waals surface area (Å²) < 4.78 is 5.69. The lowest BCUT2D eigenvalue weighted by Crippen LogP contribution is -2.53. The van der Waals surface area contributed by atoms with Gasteiger partial charge in [0.25, 0.3) is 0 Å². The van der Waals surface area contributed by atoms with Crippen LogP contribution in [0.2, 0.25) is 0 Å². The smallest absolute Gasteiger partial charge is 0.410 e. The van der Waals surface area contributed by atoms with Crippen molar-refractivity contribution in [2.24, 2.45) is 10.9 Å². The SMILES string of the molecule is C=C(C)CNC(=NCC(=O)N(C)C)N1CCC(N(CC2CC2)C(=O)OC(C)(C)C)CC1.I. The maximum absolute atomic E-state index is 12.9. The lowest BCUT2D eigenvalue weighted by molar-refractivity contribution is -0.127. The Balaban J connectivity index is 0.00000512. The molecule has 0 aromatic heterocycles. The van der Waals surface area contributed by atoms with Crippen molar-refractivity contribution in [1.29, 1.82) is 0 Å². The van der Waals surface area contributed by atoms with Crippen LogP contribution in [0.3, 0.4) is 0 Å². The Labute approximate surface area is 210 Å². The summed E-state index contributed by atoms with van der Waals surface area (Å²) in [5.41, 5.74) is 0.507. The molecule has 1 aliphatic carbocycles. The van der Waals surface area contributed by atoms with E-state index in [1.165, 1.54) is 12.8 Å². The van der Waals surface area contributed by atoms with Crippen molar-refractivity contribution in [3.8, 4) is 0 Å². The molecule has 0 atom stereocenters. The first kappa shape index (κ1) is 28.5. The molecule has 2 rings (SSSR count). The Morgan fingerprint density at radius 1 is 1.16 bits per heavy atom. The lowest BCUT2D eigenvalue weighted by Gasteiger charge is -2.40. The molecular weight excluding hydrogens is 521 g/mol. The van der Waals surface area contributed by atoms with Gasteiger partial charge in [0.15, 0.2) is 5.96 Å². The van der Waals surface area contributed by atoms with Crippen LogP contribution in [0, 0.1) is 5.92 Å². The molecule has 1 saturated carbocycles. The third kappa shape index (κ3) is 9.95. The monoisotopic (exact) mass is 563 g/mol. The van der Waals surface area contributed by atoms with Crippen LogP contribution in [0.1, 0.15) is 53.4 Å². The molecule has 0 bridgehead atoms. The summed E-state index contributed by atoms with van der Waals surface area (Å²) in [6.07, 6.45) is 3.88. The van der Waals surface area contributed by atoms with E-state index in [1.807, 2.05) is 32.6 Å². The van der Waals surface area contributed by atoms with Gasteiger partial charge in [-0.2, -0.15) is 0 Å². The highest BCUT2D eigenvalue weighted by atomic mass is 127. The molecule has 0 spiro atoms. The minimum atomic E-state index is -0.495. The van der Waals surface area contributed by atoms with Gasteiger partial charge in [-0.25, -0.2) is 9.79 Å². The molecule has 1 saturated heterocycles. The van der Waals surface area contributed by atoms with Crippen LogP contribution >= 0.6 is 24.0 Å². The fourth-order valence-electron chi connectivity index (χ4n) is 3.44. The van der Waals surface area contributed by atoms with Crippen LogP contribution in [0.15, 0.2) is 17.1 Å². The Morgan fingerprint density at radius 3 is 2.22 bits per heavy atom. The summed E-state index contributed by atoms with van der Waals surface area (Å²) in [5.74, 6) is 1.30. The number of halogens is 1. The zero-order valence-electron chi connectivity index (χ0n) is 20.6. The molecule has 9 heteroatoms. The van der Waals surface area contributed by atoms with Gasteiger partial charge < -0.3 is 24.8 Å². The standard InChI is InChI=1S/C23H41N5O3.HI/c1-17(2)14-24-21(25-15-20(29)26(6)7)27-12-10-19(11-13-27)28(16-18-8-9-18)22(30)31-23(3,4)5;/h18-19H,1,8-16H2,2-7H3,(H,24,25);1H. The second-order valence-corrected chi connectivity index (χ2v) is 10.0. The third-order valence-electron chi connectivity index (χ3n) is 5.40. The normalized spacial score (nSPS) is 17.3. The van der Waals surface area contributed by atoms with Crippen molar-refractivity contribution in [1.82, 2.24) is 20.0 Å². The number of hydrogen-bond donors (Lipinski definition) is 1. The highest BCUT2D eigenvalue weighted by Crippen LogP contribution is 2.32. The Morgan fingerprint density at radius 2 is 1.75 bits per heavy atom. The summed E-state index contributed by atoms with van der Waals surface area (Å²) in [7, 11) is 3.46. The first-order valence-electron chi connectivity index (χ1n) is 11.3. The van der Waals surface area contributed by atoms with Crippen molar-refractivity contribution >= 4 is 41.9 Å². The van der Waals surface area contributed by atoms with E-state index in [4.69, 9.17) is 4.74 Å². The van der Waals surface area contributed by atoms with Gasteiger partial charge in [0.1, 0.15) is 12.1 Å². The van der Waals surface area contributed by atoms with E-state index in [0.29, 0.717) is 12.5 Å². The van der Waals surface area contributed by atoms with E-state index in [2.05, 4.69) is 21.8 Å². The molecule has 0 unspecified atom stereocenters. The third-order valence-corrected chi connectivity index (χ3v) is 5.40. The molecule has 0 aromatic carbocycles. The number of nitrogens with zero attached hydrogens (tertiary/aromatic N) is 4. The molecule has 2 amide bonds. The maximum atomic E-state index is 12.9. The van der Waals surface area contributed by atoms with Gasteiger partial charge in [-0.05, 0) is 59.3 Å². The molecule has 0 aromatic rings. The predicted molar refractivity (Wildman–Crippen MR) is 139 cm³/mol. The average molecular weight is 564 g/mol. The number of carbonyl (C=O) groups is 2. The van der Waals surface area contributed by atoms with E-state index < -0.39 is 5.60 Å². The molecular formula is C23H42IN5O3. The van der Waals surface area contributed by atoms with Gasteiger partial charge in [-0.1, -0.05) is 12.2 Å². The fraction of sp³-hybridized carbons (Fsp3) is 0.783. The molecule has 2 fully saturated rings. The van der Waals surface area contributed by atoms with Crippen molar-refractivity contribution in [3.05, 3.63) is 12.2 Å². The van der Waals surface area contributed by atoms with E-state index in [-0.39, 0.29) is 48.6 Å². The number of likely N-dealkylation sites (N-methyl/N-ethyl adjacent to an activating group) is 1. The predicted octanol–water partition coefficient (Wildman–Crippen LogP) is 3.33. The Hall–Kier alpha value is -1.52. The minimum absolute atomic E-state index is 0. The molecule has 1 heterocycles. The number of guanidine groups is 1. The lowest BCUT2D eigenvalue weighted by atomic mass is 10.0. The fourth-order valence-corrected chi connectivity index (χ4v) is 3.44. The largest absolute Gasteiger partial charge is 0.444 e. The maximum Gasteiger partial charge on any atom is 0.410 e. The summed E-state index contributed by atoms with van der Waals surface area (Å²) >= 11 is 0. The van der Waals surface area contributed by atoms with Crippen molar-refractivity contribution in [2.75, 3.05) is 46.8 Å². The van der Waals surface area contributed by atoms with E-state index in [1.54, 1.807) is 19.0 Å². The van der Waals surface area contributed by atoms with Crippen LogP contribution in [-0.4, -0.2) is 91.1 Å². The highest BCUT2D eigenvalue weighted by Gasteiger charge is 2.35. The van der Waals surface area contributed by atoms with Gasteiger partial charge in [0, 0.05) is 46.3 Å². The molecule has 1 N–H and O–H groups in total. The zero-order chi connectivity index (χ0) is 23.2. The minimum Gasteiger partial charge on any atom is -0.444 e. The number of carbonyl (C=O) groups excluding carboxylic acids is 2. The van der Waals surface area contributed by atoms with Gasteiger partial charge in [0.05, 0.1) is 0 Å². The summed E-state index contributed by atoms with van der Waals surface area (Å²) in [6.45, 7) is 14.7. The molecule has 32 heavy (non-hydrogen) atoms. The molecule has 8 nitrogen and oxygen atoms in total. The summed E-state index contributed by atoms with van der Waals surface area (Å²) in [6, 6.07) is 0.164. The quantitative estimate of drug-likeness (QED) is 0.223. The highest BCUT2D eigenvalue weighted by molar-refractivity contribution is 14.0. The van der Waals surface area contributed by atoms with Gasteiger partial charge in [0.2, 0.25) is 5.91 Å². The first-order chi connectivity index (χ1) is 14.5. The Bertz CT molecular complexity index is 678. The van der Waals surface area contributed by atoms with Crippen LogP contribution in [0.5, 0.6) is 0 Å². The van der Waals surface area contributed by atoms with Crippen LogP contribution in [0.4, 0.5) is 4.79 Å². The molecule has 1 aliphatic heterocycles. The van der Waals surface area contributed by atoms with Crippen LogP contribution in [-0.2, 0) is 9.53 Å². The van der Waals surface area contributed by atoms with Crippen LogP contribution in [0.25, 0.3) is 0 Å². The number of amides is 2. The van der Waals surface area contributed by atoms with Gasteiger partial charge in [-0.15, -0.1) is 24.0 Å². The van der Waals surface area contributed by atoms with Crippen LogP contribution < -0.4 is 5.32 Å². The number of rotatable bonds is 7. The molecule has 184 valence electrons. The summed E-state index contributed by atoms with van der Waals surface area (Å²) in [4.78, 5) is 35.1. The first-order valence-corrected chi connectivity index (χ1v) is 11.3. The number of piperidine rings is 1. The number of aliphatic imine (C=N–C) groups is 1. The average Bonchev–Trinajstić information content (AvgIpc) is 3.48. The number of nitrogens with one attached hydrogen (secondary N) is 1. The van der Waals surface area contributed by atoms with Gasteiger partial charge >= 0.3 is 6.09 Å². The van der Waals surface area contributed by atoms with Crippen molar-refractivity contribution < 1.29 is 14.3 Å². The second-order valence-electron chi connectivity index (χ2n) is 10.0. The molecule has 2 aliphatic rings. The topological polar surface area (TPSA) is 77.5 Å². The number of ether oxygens (including phenoxy) is 1. The van der Waals surface area contributed by atoms with E-state index in [0.717, 1.165) is 44.0 Å². The van der Waals surface area contributed by atoms with Gasteiger partial charge in [-0.3, -0.25) is 4.79 Å². The zero-order valence-corrected chi connectivity index (χ0v) is 23.0. The van der Waals surface area contributed by atoms with Crippen molar-refractivity contribution in [2.45, 2.75) is 65.0 Å².